The van der Waals surface area contributed by atoms with Gasteiger partial charge in [-0.2, -0.15) is 0 Å². The minimum absolute atomic E-state index is 0.0612. The van der Waals surface area contributed by atoms with E-state index in [1.54, 1.807) is 0 Å². The number of piperidine rings is 1. The van der Waals surface area contributed by atoms with E-state index in [0.717, 1.165) is 32.5 Å². The largest absolute Gasteiger partial charge is 0.334 e. The number of nitrogens with zero attached hydrogens (tertiary/aromatic N) is 1. The fourth-order valence-corrected chi connectivity index (χ4v) is 4.91. The number of carbonyl (C=O) groups excluding carboxylic acids is 1. The Labute approximate surface area is 133 Å². The van der Waals surface area contributed by atoms with E-state index in [1.807, 2.05) is 0 Å². The molecule has 1 saturated carbocycles. The molecule has 1 atom stereocenters. The first-order valence-corrected chi connectivity index (χ1v) is 8.88. The van der Waals surface area contributed by atoms with Crippen molar-refractivity contribution in [2.75, 3.05) is 19.6 Å². The molecule has 3 heteroatoms. The van der Waals surface area contributed by atoms with Crippen LogP contribution in [0.15, 0.2) is 30.3 Å². The van der Waals surface area contributed by atoms with Crippen molar-refractivity contribution in [2.24, 2.45) is 11.3 Å². The summed E-state index contributed by atoms with van der Waals surface area (Å²) in [5.74, 6) is 1.12. The Kier molecular flexibility index (Phi) is 3.69. The van der Waals surface area contributed by atoms with Gasteiger partial charge in [0.05, 0.1) is 11.5 Å². The highest BCUT2D eigenvalue weighted by Crippen LogP contribution is 2.59. The first-order chi connectivity index (χ1) is 10.8. The Balaban J connectivity index is 1.58. The number of hydrogen-bond acceptors (Lipinski definition) is 2. The molecule has 3 fully saturated rings. The predicted molar refractivity (Wildman–Crippen MR) is 87.4 cm³/mol. The zero-order valence-corrected chi connectivity index (χ0v) is 13.3. The topological polar surface area (TPSA) is 32.3 Å². The van der Waals surface area contributed by atoms with Gasteiger partial charge in [0.2, 0.25) is 5.91 Å². The predicted octanol–water partition coefficient (Wildman–Crippen LogP) is 3.13. The Morgan fingerprint density at radius 1 is 1.09 bits per heavy atom. The summed E-state index contributed by atoms with van der Waals surface area (Å²) in [4.78, 5) is 15.2. The lowest BCUT2D eigenvalue weighted by Crippen LogP contribution is -2.63. The average Bonchev–Trinajstić information content (AvgIpc) is 3.08. The van der Waals surface area contributed by atoms with Crippen LogP contribution in [0.3, 0.4) is 0 Å². The van der Waals surface area contributed by atoms with Crippen LogP contribution in [0.25, 0.3) is 0 Å². The standard InChI is InChI=1S/C19H26N2O/c22-18-19(10-4-5-11-19)17(16-6-2-1-3-7-16)21(18)14-15-8-12-20-13-9-15/h1-3,6-7,15,17,20H,4-5,8-14H2. The molecule has 0 bridgehead atoms. The van der Waals surface area contributed by atoms with Crippen molar-refractivity contribution < 1.29 is 4.79 Å². The lowest BCUT2D eigenvalue weighted by molar-refractivity contribution is -0.174. The maximum atomic E-state index is 13.0. The molecule has 2 heterocycles. The smallest absolute Gasteiger partial charge is 0.231 e. The molecule has 0 aromatic heterocycles. The molecule has 1 aromatic rings. The van der Waals surface area contributed by atoms with Crippen molar-refractivity contribution in [3.8, 4) is 0 Å². The van der Waals surface area contributed by atoms with E-state index in [9.17, 15) is 4.79 Å². The molecule has 4 rings (SSSR count). The molecule has 3 aliphatic rings. The average molecular weight is 298 g/mol. The van der Waals surface area contributed by atoms with Crippen LogP contribution in [0.5, 0.6) is 0 Å². The van der Waals surface area contributed by atoms with Gasteiger partial charge in [-0.1, -0.05) is 43.2 Å². The second-order valence-electron chi connectivity index (χ2n) is 7.33. The quantitative estimate of drug-likeness (QED) is 0.870. The van der Waals surface area contributed by atoms with Gasteiger partial charge in [0.15, 0.2) is 0 Å². The van der Waals surface area contributed by atoms with Gasteiger partial charge in [-0.25, -0.2) is 0 Å². The molecule has 1 unspecified atom stereocenters. The number of hydrogen-bond donors (Lipinski definition) is 1. The first-order valence-electron chi connectivity index (χ1n) is 8.88. The fourth-order valence-electron chi connectivity index (χ4n) is 4.91. The Morgan fingerprint density at radius 2 is 1.77 bits per heavy atom. The van der Waals surface area contributed by atoms with Crippen LogP contribution < -0.4 is 5.32 Å². The molecule has 0 radical (unpaired) electrons. The van der Waals surface area contributed by atoms with Gasteiger partial charge in [-0.15, -0.1) is 0 Å². The highest BCUT2D eigenvalue weighted by Gasteiger charge is 2.61. The molecular formula is C19H26N2O. The van der Waals surface area contributed by atoms with Crippen molar-refractivity contribution >= 4 is 5.91 Å². The normalized spacial score (nSPS) is 28.1. The molecule has 3 nitrogen and oxygen atoms in total. The lowest BCUT2D eigenvalue weighted by Gasteiger charge is -2.56. The lowest BCUT2D eigenvalue weighted by atomic mass is 9.66. The molecule has 1 spiro atoms. The fraction of sp³-hybridized carbons (Fsp3) is 0.632. The van der Waals surface area contributed by atoms with Crippen molar-refractivity contribution in [2.45, 2.75) is 44.6 Å². The van der Waals surface area contributed by atoms with Crippen molar-refractivity contribution in [1.29, 1.82) is 0 Å². The molecule has 22 heavy (non-hydrogen) atoms. The number of likely N-dealkylation sites (tertiary alicyclic amines) is 1. The summed E-state index contributed by atoms with van der Waals surface area (Å²) in [7, 11) is 0. The molecule has 1 aromatic carbocycles. The van der Waals surface area contributed by atoms with Crippen LogP contribution in [0.4, 0.5) is 0 Å². The SMILES string of the molecule is O=C1N(CC2CCNCC2)C(c2ccccc2)C12CCCC2. The third-order valence-corrected chi connectivity index (χ3v) is 6.05. The summed E-state index contributed by atoms with van der Waals surface area (Å²) in [6.45, 7) is 3.17. The van der Waals surface area contributed by atoms with Crippen molar-refractivity contribution in [3.05, 3.63) is 35.9 Å². The van der Waals surface area contributed by atoms with Gasteiger partial charge in [0, 0.05) is 6.54 Å². The maximum Gasteiger partial charge on any atom is 0.231 e. The van der Waals surface area contributed by atoms with Crippen LogP contribution in [0, 0.1) is 11.3 Å². The molecule has 1 N–H and O–H groups in total. The minimum Gasteiger partial charge on any atom is -0.334 e. The van der Waals surface area contributed by atoms with E-state index >= 15 is 0 Å². The van der Waals surface area contributed by atoms with Gasteiger partial charge in [-0.3, -0.25) is 4.79 Å². The van der Waals surface area contributed by atoms with Gasteiger partial charge >= 0.3 is 0 Å². The van der Waals surface area contributed by atoms with Crippen LogP contribution in [0.2, 0.25) is 0 Å². The zero-order valence-electron chi connectivity index (χ0n) is 13.3. The molecule has 2 saturated heterocycles. The highest BCUT2D eigenvalue weighted by atomic mass is 16.2. The number of amides is 1. The van der Waals surface area contributed by atoms with Gasteiger partial charge in [-0.05, 0) is 50.3 Å². The Morgan fingerprint density at radius 3 is 2.45 bits per heavy atom. The number of benzene rings is 1. The van der Waals surface area contributed by atoms with Gasteiger partial charge in [0.25, 0.3) is 0 Å². The number of nitrogens with one attached hydrogen (secondary N) is 1. The number of carbonyl (C=O) groups is 1. The van der Waals surface area contributed by atoms with Gasteiger partial charge in [0.1, 0.15) is 0 Å². The van der Waals surface area contributed by atoms with Gasteiger partial charge < -0.3 is 10.2 Å². The number of rotatable bonds is 3. The second kappa shape index (κ2) is 5.69. The third-order valence-electron chi connectivity index (χ3n) is 6.05. The summed E-state index contributed by atoms with van der Waals surface area (Å²) >= 11 is 0. The summed E-state index contributed by atoms with van der Waals surface area (Å²) in [6, 6.07) is 11.1. The van der Waals surface area contributed by atoms with Crippen LogP contribution in [-0.2, 0) is 4.79 Å². The molecule has 2 aliphatic heterocycles. The Hall–Kier alpha value is -1.35. The molecule has 1 aliphatic carbocycles. The van der Waals surface area contributed by atoms with Crippen molar-refractivity contribution in [1.82, 2.24) is 10.2 Å². The van der Waals surface area contributed by atoms with E-state index in [1.165, 1.54) is 31.2 Å². The summed E-state index contributed by atoms with van der Waals surface area (Å²) in [5.41, 5.74) is 1.28. The third kappa shape index (κ3) is 2.18. The van der Waals surface area contributed by atoms with E-state index in [-0.39, 0.29) is 5.41 Å². The summed E-state index contributed by atoms with van der Waals surface area (Å²) in [5, 5.41) is 3.42. The minimum atomic E-state index is -0.0612. The zero-order chi connectivity index (χ0) is 15.0. The highest BCUT2D eigenvalue weighted by molar-refractivity contribution is 5.91. The van der Waals surface area contributed by atoms with Crippen molar-refractivity contribution in [3.63, 3.8) is 0 Å². The monoisotopic (exact) mass is 298 g/mol. The van der Waals surface area contributed by atoms with E-state index < -0.39 is 0 Å². The number of β-lactam (4-membered cyclic amide) rings is 1. The Bertz CT molecular complexity index is 530. The van der Waals surface area contributed by atoms with Crippen LogP contribution in [-0.4, -0.2) is 30.4 Å². The summed E-state index contributed by atoms with van der Waals surface area (Å²) < 4.78 is 0. The van der Waals surface area contributed by atoms with Crippen LogP contribution in [0.1, 0.15) is 50.1 Å². The maximum absolute atomic E-state index is 13.0. The van der Waals surface area contributed by atoms with E-state index in [2.05, 4.69) is 40.5 Å². The van der Waals surface area contributed by atoms with E-state index in [4.69, 9.17) is 0 Å². The van der Waals surface area contributed by atoms with E-state index in [0.29, 0.717) is 17.9 Å². The second-order valence-corrected chi connectivity index (χ2v) is 7.33. The molecule has 1 amide bonds. The molecule has 118 valence electrons. The molecular weight excluding hydrogens is 272 g/mol. The first kappa shape index (κ1) is 14.3. The van der Waals surface area contributed by atoms with Crippen LogP contribution >= 0.6 is 0 Å². The summed E-state index contributed by atoms with van der Waals surface area (Å²) in [6.07, 6.45) is 7.03.